The highest BCUT2D eigenvalue weighted by Gasteiger charge is 2.26. The number of hydrogen-bond donors (Lipinski definition) is 6. The van der Waals surface area contributed by atoms with Crippen LogP contribution in [0.3, 0.4) is 0 Å². The molecule has 278 valence electrons. The Morgan fingerprint density at radius 1 is 0.846 bits per heavy atom. The smallest absolute Gasteiger partial charge is 0.407 e. The quantitative estimate of drug-likeness (QED) is 0.0812. The van der Waals surface area contributed by atoms with Crippen molar-refractivity contribution in [3.05, 3.63) is 71.4 Å². The van der Waals surface area contributed by atoms with Crippen LogP contribution in [0.15, 0.2) is 48.7 Å². The molecule has 2 atom stereocenters. The molecule has 4 rings (SSSR count). The van der Waals surface area contributed by atoms with Crippen LogP contribution in [-0.2, 0) is 25.5 Å². The molecule has 0 saturated carbocycles. The summed E-state index contributed by atoms with van der Waals surface area (Å²) in [5, 5.41) is 10.6. The molecule has 0 fully saturated rings. The van der Waals surface area contributed by atoms with Gasteiger partial charge in [0.15, 0.2) is 0 Å². The SMILES string of the molecule is CCC.COC(=O)NCC(=O)NCCCCc1nc2ccc(C#Cc3ccc(-c4cnc(C(C)NC(=O)C(NC(=O)OC)C(C)C)[nH]4)cc3)cc2[nH]1. The van der Waals surface area contributed by atoms with Crippen LogP contribution in [0.25, 0.3) is 22.3 Å². The minimum Gasteiger partial charge on any atom is -0.453 e. The molecule has 4 aromatic rings. The molecule has 2 heterocycles. The van der Waals surface area contributed by atoms with E-state index in [9.17, 15) is 19.2 Å². The monoisotopic (exact) mass is 714 g/mol. The molecule has 0 saturated heterocycles. The van der Waals surface area contributed by atoms with Gasteiger partial charge in [0.1, 0.15) is 17.7 Å². The summed E-state index contributed by atoms with van der Waals surface area (Å²) in [4.78, 5) is 63.0. The summed E-state index contributed by atoms with van der Waals surface area (Å²) in [6.07, 6.45) is 3.99. The van der Waals surface area contributed by atoms with Gasteiger partial charge < -0.3 is 40.7 Å². The first-order chi connectivity index (χ1) is 25.0. The predicted molar refractivity (Wildman–Crippen MR) is 199 cm³/mol. The van der Waals surface area contributed by atoms with Crippen molar-refractivity contribution in [2.24, 2.45) is 5.92 Å². The van der Waals surface area contributed by atoms with Gasteiger partial charge in [0.2, 0.25) is 11.8 Å². The molecule has 4 amide bonds. The summed E-state index contributed by atoms with van der Waals surface area (Å²) >= 11 is 0. The molecular formula is C38H50N8O6. The van der Waals surface area contributed by atoms with E-state index in [1.807, 2.05) is 63.2 Å². The number of H-pyrrole nitrogens is 2. The third-order valence-corrected chi connectivity index (χ3v) is 7.59. The Balaban J connectivity index is 0.00000235. The van der Waals surface area contributed by atoms with Crippen molar-refractivity contribution in [1.82, 2.24) is 41.2 Å². The zero-order valence-corrected chi connectivity index (χ0v) is 30.9. The molecule has 0 bridgehead atoms. The Hall–Kier alpha value is -5.84. The fourth-order valence-electron chi connectivity index (χ4n) is 4.86. The van der Waals surface area contributed by atoms with E-state index < -0.39 is 24.3 Å². The summed E-state index contributed by atoms with van der Waals surface area (Å²) in [5.41, 5.74) is 5.17. The highest BCUT2D eigenvalue weighted by Crippen LogP contribution is 2.21. The number of rotatable bonds is 13. The Morgan fingerprint density at radius 3 is 2.19 bits per heavy atom. The number of aryl methyl sites for hydroxylation is 1. The van der Waals surface area contributed by atoms with Gasteiger partial charge in [-0.1, -0.05) is 58.1 Å². The number of amides is 4. The van der Waals surface area contributed by atoms with E-state index in [2.05, 4.69) is 76.4 Å². The van der Waals surface area contributed by atoms with Gasteiger partial charge in [-0.25, -0.2) is 19.6 Å². The van der Waals surface area contributed by atoms with Gasteiger partial charge in [-0.15, -0.1) is 0 Å². The number of nitrogens with zero attached hydrogens (tertiary/aromatic N) is 2. The Kier molecular flexibility index (Phi) is 16.2. The lowest BCUT2D eigenvalue weighted by Gasteiger charge is -2.22. The largest absolute Gasteiger partial charge is 0.453 e. The van der Waals surface area contributed by atoms with Crippen molar-refractivity contribution in [2.45, 2.75) is 72.4 Å². The number of ether oxygens (including phenoxy) is 2. The number of carbonyl (C=O) groups excluding carboxylic acids is 4. The van der Waals surface area contributed by atoms with Crippen molar-refractivity contribution in [2.75, 3.05) is 27.3 Å². The van der Waals surface area contributed by atoms with E-state index in [0.29, 0.717) is 12.4 Å². The molecule has 0 aliphatic heterocycles. The molecule has 0 spiro atoms. The molecule has 6 N–H and O–H groups in total. The van der Waals surface area contributed by atoms with Gasteiger partial charge in [0.25, 0.3) is 0 Å². The van der Waals surface area contributed by atoms with Gasteiger partial charge in [0, 0.05) is 24.1 Å². The maximum Gasteiger partial charge on any atom is 0.407 e. The normalized spacial score (nSPS) is 11.6. The molecule has 2 aromatic carbocycles. The van der Waals surface area contributed by atoms with E-state index in [1.54, 1.807) is 6.20 Å². The lowest BCUT2D eigenvalue weighted by atomic mass is 10.0. The minimum atomic E-state index is -0.744. The first-order valence-corrected chi connectivity index (χ1v) is 17.4. The summed E-state index contributed by atoms with van der Waals surface area (Å²) in [6.45, 7) is 10.1. The van der Waals surface area contributed by atoms with Gasteiger partial charge in [-0.2, -0.15) is 0 Å². The van der Waals surface area contributed by atoms with Crippen LogP contribution < -0.4 is 21.3 Å². The van der Waals surface area contributed by atoms with Crippen molar-refractivity contribution in [1.29, 1.82) is 0 Å². The highest BCUT2D eigenvalue weighted by atomic mass is 16.5. The zero-order valence-electron chi connectivity index (χ0n) is 30.9. The Bertz CT molecular complexity index is 1840. The molecule has 2 unspecified atom stereocenters. The van der Waals surface area contributed by atoms with Crippen LogP contribution in [-0.4, -0.2) is 77.3 Å². The zero-order chi connectivity index (χ0) is 38.0. The predicted octanol–water partition coefficient (Wildman–Crippen LogP) is 5.12. The second-order valence-electron chi connectivity index (χ2n) is 12.4. The minimum absolute atomic E-state index is 0.123. The first-order valence-electron chi connectivity index (χ1n) is 17.4. The van der Waals surface area contributed by atoms with Crippen LogP contribution in [0, 0.1) is 17.8 Å². The number of imidazole rings is 2. The number of aromatic amines is 2. The van der Waals surface area contributed by atoms with Gasteiger partial charge in [-0.05, 0) is 61.6 Å². The third-order valence-electron chi connectivity index (χ3n) is 7.59. The standard InChI is InChI=1S/C35H42N8O6.C3H8/c1-21(2)31(43-35(47)49-5)33(45)39-22(3)32-37-19-28(42-32)25-14-11-23(12-15-25)9-10-24-13-16-26-27(18-24)41-29(40-26)8-6-7-17-36-30(44)20-38-34(46)48-4;1-3-2/h11-16,18-19,21-22,31H,6-8,17,20H2,1-5H3,(H,36,44)(H,37,42)(H,38,46)(H,39,45)(H,40,41)(H,43,47);3H2,1-2H3. The van der Waals surface area contributed by atoms with Crippen LogP contribution in [0.2, 0.25) is 0 Å². The van der Waals surface area contributed by atoms with Crippen LogP contribution >= 0.6 is 0 Å². The maximum atomic E-state index is 12.8. The van der Waals surface area contributed by atoms with Crippen molar-refractivity contribution in [3.63, 3.8) is 0 Å². The van der Waals surface area contributed by atoms with Crippen molar-refractivity contribution in [3.8, 4) is 23.1 Å². The number of benzene rings is 2. The Labute approximate surface area is 304 Å². The van der Waals surface area contributed by atoms with Gasteiger partial charge >= 0.3 is 12.2 Å². The van der Waals surface area contributed by atoms with Crippen LogP contribution in [0.1, 0.15) is 82.7 Å². The number of nitrogens with one attached hydrogen (secondary N) is 6. The van der Waals surface area contributed by atoms with Gasteiger partial charge in [-0.3, -0.25) is 9.59 Å². The van der Waals surface area contributed by atoms with E-state index in [4.69, 9.17) is 0 Å². The second kappa shape index (κ2) is 20.7. The molecule has 2 aromatic heterocycles. The molecule has 0 radical (unpaired) electrons. The van der Waals surface area contributed by atoms with E-state index >= 15 is 0 Å². The maximum absolute atomic E-state index is 12.8. The lowest BCUT2D eigenvalue weighted by Crippen LogP contribution is -2.50. The third kappa shape index (κ3) is 12.8. The van der Waals surface area contributed by atoms with Crippen molar-refractivity contribution >= 4 is 35.0 Å². The Morgan fingerprint density at radius 2 is 1.52 bits per heavy atom. The highest BCUT2D eigenvalue weighted by molar-refractivity contribution is 5.86. The first kappa shape index (κ1) is 40.6. The topological polar surface area (TPSA) is 192 Å². The van der Waals surface area contributed by atoms with Crippen LogP contribution in [0.5, 0.6) is 0 Å². The molecule has 52 heavy (non-hydrogen) atoms. The number of hydrogen-bond acceptors (Lipinski definition) is 8. The molecule has 14 heteroatoms. The number of alkyl carbamates (subject to hydrolysis) is 2. The summed E-state index contributed by atoms with van der Waals surface area (Å²) in [5.74, 6) is 7.14. The fourth-order valence-corrected chi connectivity index (χ4v) is 4.86. The van der Waals surface area contributed by atoms with Gasteiger partial charge in [0.05, 0.1) is 49.7 Å². The van der Waals surface area contributed by atoms with E-state index in [-0.39, 0.29) is 24.3 Å². The van der Waals surface area contributed by atoms with Crippen LogP contribution in [0.4, 0.5) is 9.59 Å². The molecule has 14 nitrogen and oxygen atoms in total. The number of methoxy groups -OCH3 is 2. The average Bonchev–Trinajstić information content (AvgIpc) is 3.79. The summed E-state index contributed by atoms with van der Waals surface area (Å²) in [7, 11) is 2.50. The number of fused-ring (bicyclic) bond motifs is 1. The molecule has 0 aliphatic rings. The molecular weight excluding hydrogens is 664 g/mol. The summed E-state index contributed by atoms with van der Waals surface area (Å²) in [6, 6.07) is 12.5. The second-order valence-corrected chi connectivity index (χ2v) is 12.4. The molecule has 0 aliphatic carbocycles. The summed E-state index contributed by atoms with van der Waals surface area (Å²) < 4.78 is 9.08. The average molecular weight is 715 g/mol. The van der Waals surface area contributed by atoms with Crippen molar-refractivity contribution < 1.29 is 28.7 Å². The van der Waals surface area contributed by atoms with E-state index in [1.165, 1.54) is 20.6 Å². The number of unbranched alkanes of at least 4 members (excludes halogenated alkanes) is 1. The fraction of sp³-hybridized carbons (Fsp3) is 0.421. The number of carbonyl (C=O) groups is 4. The number of aromatic nitrogens is 4. The van der Waals surface area contributed by atoms with E-state index in [0.717, 1.165) is 58.5 Å². The lowest BCUT2D eigenvalue weighted by molar-refractivity contribution is -0.124.